The van der Waals surface area contributed by atoms with Gasteiger partial charge in [-0.15, -0.1) is 10.2 Å². The molecule has 0 aliphatic carbocycles. The molecule has 2 fully saturated rings. The molecule has 2 aromatic rings. The van der Waals surface area contributed by atoms with Gasteiger partial charge in [-0.05, 0) is 38.9 Å². The molecule has 0 aromatic carbocycles. The lowest BCUT2D eigenvalue weighted by Crippen LogP contribution is -2.60. The first kappa shape index (κ1) is 19.0. The summed E-state index contributed by atoms with van der Waals surface area (Å²) in [6, 6.07) is 3.77. The number of likely N-dealkylation sites (tertiary alicyclic amines) is 1. The lowest BCUT2D eigenvalue weighted by molar-refractivity contribution is -0.130. The van der Waals surface area contributed by atoms with Crippen molar-refractivity contribution in [3.8, 4) is 11.5 Å². The molecule has 0 saturated carbocycles. The molecule has 150 valence electrons. The van der Waals surface area contributed by atoms with Crippen LogP contribution in [0.5, 0.6) is 0 Å². The van der Waals surface area contributed by atoms with Crippen molar-refractivity contribution < 1.29 is 9.21 Å². The van der Waals surface area contributed by atoms with Crippen molar-refractivity contribution in [2.24, 2.45) is 0 Å². The van der Waals surface area contributed by atoms with Crippen LogP contribution in [0, 0.1) is 0 Å². The third-order valence-electron chi connectivity index (χ3n) is 6.20. The average molecular weight is 384 g/mol. The van der Waals surface area contributed by atoms with E-state index in [0.29, 0.717) is 24.7 Å². The first-order valence-corrected chi connectivity index (χ1v) is 10.0. The molecule has 2 aliphatic rings. The Morgan fingerprint density at radius 1 is 1.21 bits per heavy atom. The Morgan fingerprint density at radius 2 is 2.11 bits per heavy atom. The standard InChI is InChI=1S/C20H28N6O2/c1-3-26-10-8-20(7-6-18(26)27)15-25(12-11-24(20)2)14-17-22-23-19(28-17)16-5-4-9-21-13-16/h4-5,9,13H,3,6-8,10-12,14-15H2,1-2H3/t20-/m0/s1. The Morgan fingerprint density at radius 3 is 2.89 bits per heavy atom. The molecule has 0 radical (unpaired) electrons. The first-order chi connectivity index (χ1) is 13.6. The maximum absolute atomic E-state index is 12.3. The molecule has 1 atom stereocenters. The minimum atomic E-state index is 0.0318. The summed E-state index contributed by atoms with van der Waals surface area (Å²) in [7, 11) is 2.19. The molecule has 8 nitrogen and oxygen atoms in total. The molecule has 2 aromatic heterocycles. The van der Waals surface area contributed by atoms with Gasteiger partial charge in [0.1, 0.15) is 0 Å². The summed E-state index contributed by atoms with van der Waals surface area (Å²) in [6.45, 7) is 7.16. The van der Waals surface area contributed by atoms with E-state index < -0.39 is 0 Å². The van der Waals surface area contributed by atoms with Crippen molar-refractivity contribution in [3.63, 3.8) is 0 Å². The summed E-state index contributed by atoms with van der Waals surface area (Å²) < 4.78 is 5.87. The summed E-state index contributed by atoms with van der Waals surface area (Å²) in [5.74, 6) is 1.41. The number of amides is 1. The second kappa shape index (κ2) is 7.97. The zero-order valence-corrected chi connectivity index (χ0v) is 16.7. The highest BCUT2D eigenvalue weighted by molar-refractivity contribution is 5.76. The van der Waals surface area contributed by atoms with Gasteiger partial charge in [-0.3, -0.25) is 19.6 Å². The molecule has 0 N–H and O–H groups in total. The van der Waals surface area contributed by atoms with Gasteiger partial charge in [0.2, 0.25) is 17.7 Å². The third-order valence-corrected chi connectivity index (χ3v) is 6.20. The monoisotopic (exact) mass is 384 g/mol. The van der Waals surface area contributed by atoms with Crippen LogP contribution in [0.15, 0.2) is 28.9 Å². The Balaban J connectivity index is 1.45. The molecule has 8 heteroatoms. The topological polar surface area (TPSA) is 78.6 Å². The van der Waals surface area contributed by atoms with Crippen LogP contribution in [-0.2, 0) is 11.3 Å². The fourth-order valence-electron chi connectivity index (χ4n) is 4.36. The number of carbonyl (C=O) groups excluding carboxylic acids is 1. The second-order valence-corrected chi connectivity index (χ2v) is 7.82. The predicted octanol–water partition coefficient (Wildman–Crippen LogP) is 1.65. The molecule has 4 heterocycles. The zero-order chi connectivity index (χ0) is 19.6. The van der Waals surface area contributed by atoms with Crippen molar-refractivity contribution in [1.82, 2.24) is 29.9 Å². The zero-order valence-electron chi connectivity index (χ0n) is 16.7. The maximum Gasteiger partial charge on any atom is 0.249 e. The van der Waals surface area contributed by atoms with E-state index in [4.69, 9.17) is 4.42 Å². The van der Waals surface area contributed by atoms with Crippen LogP contribution in [0.2, 0.25) is 0 Å². The van der Waals surface area contributed by atoms with E-state index in [1.54, 1.807) is 12.4 Å². The van der Waals surface area contributed by atoms with Gasteiger partial charge in [0.25, 0.3) is 0 Å². The summed E-state index contributed by atoms with van der Waals surface area (Å²) in [5, 5.41) is 8.40. The summed E-state index contributed by atoms with van der Waals surface area (Å²) in [4.78, 5) is 23.3. The Hall–Kier alpha value is -2.32. The fourth-order valence-corrected chi connectivity index (χ4v) is 4.36. The molecular formula is C20H28N6O2. The molecule has 1 amide bonds. The van der Waals surface area contributed by atoms with Crippen molar-refractivity contribution in [2.45, 2.75) is 38.3 Å². The van der Waals surface area contributed by atoms with E-state index in [2.05, 4.69) is 39.0 Å². The Bertz CT molecular complexity index is 810. The lowest BCUT2D eigenvalue weighted by atomic mass is 9.86. The number of likely N-dealkylation sites (N-methyl/N-ethyl adjacent to an activating group) is 1. The van der Waals surface area contributed by atoms with E-state index in [0.717, 1.165) is 51.1 Å². The molecule has 1 spiro atoms. The van der Waals surface area contributed by atoms with E-state index in [-0.39, 0.29) is 11.4 Å². The van der Waals surface area contributed by atoms with Gasteiger partial charge >= 0.3 is 0 Å². The highest BCUT2D eigenvalue weighted by Gasteiger charge is 2.42. The van der Waals surface area contributed by atoms with Crippen molar-refractivity contribution in [1.29, 1.82) is 0 Å². The SMILES string of the molecule is CCN1CC[C@@]2(CCC1=O)CN(Cc1nnc(-c3cccnc3)o1)CCN2C. The number of carbonyl (C=O) groups is 1. The van der Waals surface area contributed by atoms with Gasteiger partial charge in [0, 0.05) is 57.1 Å². The number of piperazine rings is 1. The van der Waals surface area contributed by atoms with Gasteiger partial charge < -0.3 is 9.32 Å². The van der Waals surface area contributed by atoms with Crippen molar-refractivity contribution in [3.05, 3.63) is 30.4 Å². The van der Waals surface area contributed by atoms with Crippen LogP contribution in [-0.4, -0.2) is 81.1 Å². The van der Waals surface area contributed by atoms with Gasteiger partial charge in [-0.1, -0.05) is 0 Å². The van der Waals surface area contributed by atoms with E-state index in [1.807, 2.05) is 17.0 Å². The van der Waals surface area contributed by atoms with Crippen LogP contribution in [0.4, 0.5) is 0 Å². The van der Waals surface area contributed by atoms with Crippen molar-refractivity contribution >= 4 is 5.91 Å². The van der Waals surface area contributed by atoms with Crippen LogP contribution < -0.4 is 0 Å². The number of nitrogens with zero attached hydrogens (tertiary/aromatic N) is 6. The number of hydrogen-bond acceptors (Lipinski definition) is 7. The number of pyridine rings is 1. The van der Waals surface area contributed by atoms with Crippen molar-refractivity contribution in [2.75, 3.05) is 39.8 Å². The maximum atomic E-state index is 12.3. The quantitative estimate of drug-likeness (QED) is 0.793. The Kier molecular flexibility index (Phi) is 5.41. The van der Waals surface area contributed by atoms with Gasteiger partial charge in [0.15, 0.2) is 0 Å². The van der Waals surface area contributed by atoms with Gasteiger partial charge in [-0.2, -0.15) is 0 Å². The molecular weight excluding hydrogens is 356 g/mol. The van der Waals surface area contributed by atoms with Gasteiger partial charge in [-0.25, -0.2) is 0 Å². The lowest BCUT2D eigenvalue weighted by Gasteiger charge is -2.49. The second-order valence-electron chi connectivity index (χ2n) is 7.82. The Labute approximate surface area is 165 Å². The summed E-state index contributed by atoms with van der Waals surface area (Å²) in [6.07, 6.45) is 5.98. The number of rotatable bonds is 4. The predicted molar refractivity (Wildman–Crippen MR) is 104 cm³/mol. The summed E-state index contributed by atoms with van der Waals surface area (Å²) >= 11 is 0. The molecule has 28 heavy (non-hydrogen) atoms. The van der Waals surface area contributed by atoms with Crippen LogP contribution >= 0.6 is 0 Å². The highest BCUT2D eigenvalue weighted by atomic mass is 16.4. The fraction of sp³-hybridized carbons (Fsp3) is 0.600. The molecule has 2 aliphatic heterocycles. The smallest absolute Gasteiger partial charge is 0.249 e. The molecule has 0 bridgehead atoms. The van der Waals surface area contributed by atoms with E-state index in [9.17, 15) is 4.79 Å². The van der Waals surface area contributed by atoms with Crippen LogP contribution in [0.1, 0.15) is 32.1 Å². The minimum absolute atomic E-state index is 0.0318. The number of aromatic nitrogens is 3. The third kappa shape index (κ3) is 3.79. The largest absolute Gasteiger partial charge is 0.419 e. The van der Waals surface area contributed by atoms with E-state index in [1.165, 1.54) is 0 Å². The van der Waals surface area contributed by atoms with E-state index >= 15 is 0 Å². The molecule has 2 saturated heterocycles. The molecule has 0 unspecified atom stereocenters. The normalized spacial score (nSPS) is 24.6. The van der Waals surface area contributed by atoms with Crippen LogP contribution in [0.25, 0.3) is 11.5 Å². The highest BCUT2D eigenvalue weighted by Crippen LogP contribution is 2.32. The first-order valence-electron chi connectivity index (χ1n) is 10.0. The van der Waals surface area contributed by atoms with Crippen LogP contribution in [0.3, 0.4) is 0 Å². The average Bonchev–Trinajstić information content (AvgIpc) is 3.12. The summed E-state index contributed by atoms with van der Waals surface area (Å²) in [5.41, 5.74) is 0.863. The minimum Gasteiger partial charge on any atom is -0.419 e. The molecule has 4 rings (SSSR count). The van der Waals surface area contributed by atoms with Gasteiger partial charge in [0.05, 0.1) is 12.1 Å². The number of hydrogen-bond donors (Lipinski definition) is 0.